The molecule has 0 aromatic heterocycles. The SMILES string of the molecule is Cc1cccc(C(=O)N/N=C\c2ccc(OCc3ccc(Br)cc3)c(Br)c2)c1. The standard InChI is InChI=1S/C22H18Br2N2O2/c1-15-3-2-4-18(11-15)22(27)26-25-13-17-7-10-21(20(24)12-17)28-14-16-5-8-19(23)9-6-16/h2-13H,14H2,1H3,(H,26,27)/b25-13-. The highest BCUT2D eigenvalue weighted by Gasteiger charge is 2.05. The van der Waals surface area contributed by atoms with E-state index < -0.39 is 0 Å². The minimum absolute atomic E-state index is 0.242. The number of rotatable bonds is 6. The zero-order valence-electron chi connectivity index (χ0n) is 15.2. The molecule has 0 radical (unpaired) electrons. The summed E-state index contributed by atoms with van der Waals surface area (Å²) in [7, 11) is 0. The number of carbonyl (C=O) groups excluding carboxylic acids is 1. The largest absolute Gasteiger partial charge is 0.488 e. The molecule has 0 unspecified atom stereocenters. The Morgan fingerprint density at radius 2 is 1.86 bits per heavy atom. The Labute approximate surface area is 180 Å². The normalized spacial score (nSPS) is 10.8. The Kier molecular flexibility index (Phi) is 7.01. The highest BCUT2D eigenvalue weighted by atomic mass is 79.9. The third kappa shape index (κ3) is 5.78. The fourth-order valence-corrected chi connectivity index (χ4v) is 3.25. The maximum Gasteiger partial charge on any atom is 0.271 e. The molecule has 0 saturated heterocycles. The van der Waals surface area contributed by atoms with Gasteiger partial charge in [0, 0.05) is 10.0 Å². The number of hydrogen-bond donors (Lipinski definition) is 1. The molecule has 0 saturated carbocycles. The van der Waals surface area contributed by atoms with Gasteiger partial charge in [-0.2, -0.15) is 5.10 Å². The van der Waals surface area contributed by atoms with Crippen LogP contribution in [0.25, 0.3) is 0 Å². The second-order valence-corrected chi connectivity index (χ2v) is 7.94. The quantitative estimate of drug-likeness (QED) is 0.339. The monoisotopic (exact) mass is 500 g/mol. The molecule has 28 heavy (non-hydrogen) atoms. The summed E-state index contributed by atoms with van der Waals surface area (Å²) < 4.78 is 7.71. The Morgan fingerprint density at radius 3 is 2.57 bits per heavy atom. The van der Waals surface area contributed by atoms with Crippen molar-refractivity contribution in [1.82, 2.24) is 5.43 Å². The first-order valence-electron chi connectivity index (χ1n) is 8.58. The molecule has 0 aliphatic heterocycles. The maximum atomic E-state index is 12.1. The number of amides is 1. The molecule has 0 bridgehead atoms. The molecule has 3 rings (SSSR count). The molecule has 0 heterocycles. The van der Waals surface area contributed by atoms with E-state index in [1.807, 2.05) is 67.6 Å². The van der Waals surface area contributed by atoms with Crippen molar-refractivity contribution in [2.24, 2.45) is 5.10 Å². The minimum atomic E-state index is -0.242. The van der Waals surface area contributed by atoms with Crippen molar-refractivity contribution in [2.45, 2.75) is 13.5 Å². The Morgan fingerprint density at radius 1 is 1.07 bits per heavy atom. The van der Waals surface area contributed by atoms with E-state index in [1.165, 1.54) is 0 Å². The summed E-state index contributed by atoms with van der Waals surface area (Å²) in [5, 5.41) is 4.03. The van der Waals surface area contributed by atoms with E-state index in [1.54, 1.807) is 12.3 Å². The van der Waals surface area contributed by atoms with E-state index in [0.717, 1.165) is 31.4 Å². The molecular weight excluding hydrogens is 484 g/mol. The molecule has 0 atom stereocenters. The number of aryl methyl sites for hydroxylation is 1. The van der Waals surface area contributed by atoms with Crippen LogP contribution in [0.5, 0.6) is 5.75 Å². The van der Waals surface area contributed by atoms with Gasteiger partial charge in [-0.25, -0.2) is 5.43 Å². The van der Waals surface area contributed by atoms with E-state index in [0.29, 0.717) is 12.2 Å². The van der Waals surface area contributed by atoms with Crippen molar-refractivity contribution in [3.05, 3.63) is 97.9 Å². The summed E-state index contributed by atoms with van der Waals surface area (Å²) >= 11 is 6.94. The molecule has 142 valence electrons. The number of hydrogen-bond acceptors (Lipinski definition) is 3. The second-order valence-electron chi connectivity index (χ2n) is 6.17. The highest BCUT2D eigenvalue weighted by Crippen LogP contribution is 2.26. The molecule has 1 N–H and O–H groups in total. The summed E-state index contributed by atoms with van der Waals surface area (Å²) in [6, 6.07) is 21.0. The third-order valence-electron chi connectivity index (χ3n) is 3.92. The Bertz CT molecular complexity index is 1000. The summed E-state index contributed by atoms with van der Waals surface area (Å²) in [6.07, 6.45) is 1.59. The van der Waals surface area contributed by atoms with Crippen LogP contribution < -0.4 is 10.2 Å². The topological polar surface area (TPSA) is 50.7 Å². The van der Waals surface area contributed by atoms with Gasteiger partial charge < -0.3 is 4.74 Å². The predicted octanol–water partition coefficient (Wildman–Crippen LogP) is 5.86. The first kappa shape index (κ1) is 20.3. The molecule has 4 nitrogen and oxygen atoms in total. The first-order valence-corrected chi connectivity index (χ1v) is 10.2. The van der Waals surface area contributed by atoms with Gasteiger partial charge in [-0.3, -0.25) is 4.79 Å². The van der Waals surface area contributed by atoms with Gasteiger partial charge in [0.25, 0.3) is 5.91 Å². The lowest BCUT2D eigenvalue weighted by molar-refractivity contribution is 0.0955. The lowest BCUT2D eigenvalue weighted by atomic mass is 10.1. The highest BCUT2D eigenvalue weighted by molar-refractivity contribution is 9.10. The van der Waals surface area contributed by atoms with Gasteiger partial charge in [-0.15, -0.1) is 0 Å². The summed E-state index contributed by atoms with van der Waals surface area (Å²) in [6.45, 7) is 2.42. The van der Waals surface area contributed by atoms with Crippen LogP contribution >= 0.6 is 31.9 Å². The van der Waals surface area contributed by atoms with Crippen molar-refractivity contribution in [1.29, 1.82) is 0 Å². The smallest absolute Gasteiger partial charge is 0.271 e. The number of halogens is 2. The van der Waals surface area contributed by atoms with Gasteiger partial charge in [-0.05, 0) is 76.4 Å². The molecule has 0 aliphatic carbocycles. The molecule has 0 fully saturated rings. The van der Waals surface area contributed by atoms with Crippen LogP contribution in [0.1, 0.15) is 27.0 Å². The predicted molar refractivity (Wildman–Crippen MR) is 119 cm³/mol. The van der Waals surface area contributed by atoms with Gasteiger partial charge in [0.15, 0.2) is 0 Å². The number of ether oxygens (including phenoxy) is 1. The molecular formula is C22H18Br2N2O2. The van der Waals surface area contributed by atoms with Crippen molar-refractivity contribution in [2.75, 3.05) is 0 Å². The summed E-state index contributed by atoms with van der Waals surface area (Å²) in [4.78, 5) is 12.1. The average molecular weight is 502 g/mol. The van der Waals surface area contributed by atoms with Gasteiger partial charge in [0.1, 0.15) is 12.4 Å². The van der Waals surface area contributed by atoms with Crippen LogP contribution in [-0.4, -0.2) is 12.1 Å². The lowest BCUT2D eigenvalue weighted by Gasteiger charge is -2.09. The lowest BCUT2D eigenvalue weighted by Crippen LogP contribution is -2.17. The molecule has 0 spiro atoms. The molecule has 0 aliphatic rings. The van der Waals surface area contributed by atoms with E-state index in [2.05, 4.69) is 42.4 Å². The second kappa shape index (κ2) is 9.66. The van der Waals surface area contributed by atoms with Gasteiger partial charge in [-0.1, -0.05) is 45.8 Å². The number of nitrogens with zero attached hydrogens (tertiary/aromatic N) is 1. The average Bonchev–Trinajstić information content (AvgIpc) is 2.68. The third-order valence-corrected chi connectivity index (χ3v) is 5.07. The van der Waals surface area contributed by atoms with Crippen LogP contribution in [0.15, 0.2) is 80.8 Å². The number of nitrogens with one attached hydrogen (secondary N) is 1. The van der Waals surface area contributed by atoms with Crippen molar-refractivity contribution in [3.63, 3.8) is 0 Å². The van der Waals surface area contributed by atoms with Gasteiger partial charge in [0.2, 0.25) is 0 Å². The molecule has 3 aromatic carbocycles. The van der Waals surface area contributed by atoms with Crippen LogP contribution in [0.2, 0.25) is 0 Å². The number of carbonyl (C=O) groups is 1. The van der Waals surface area contributed by atoms with Gasteiger partial charge in [0.05, 0.1) is 10.7 Å². The van der Waals surface area contributed by atoms with Crippen LogP contribution in [0.4, 0.5) is 0 Å². The van der Waals surface area contributed by atoms with Crippen LogP contribution in [0.3, 0.4) is 0 Å². The number of hydrazone groups is 1. The Balaban J connectivity index is 1.58. The first-order chi connectivity index (χ1) is 13.5. The van der Waals surface area contributed by atoms with Crippen LogP contribution in [0, 0.1) is 6.92 Å². The zero-order chi connectivity index (χ0) is 19.9. The van der Waals surface area contributed by atoms with E-state index in [4.69, 9.17) is 4.74 Å². The van der Waals surface area contributed by atoms with Gasteiger partial charge >= 0.3 is 0 Å². The van der Waals surface area contributed by atoms with Crippen molar-refractivity contribution in [3.8, 4) is 5.75 Å². The summed E-state index contributed by atoms with van der Waals surface area (Å²) in [5.74, 6) is 0.498. The Hall–Kier alpha value is -2.44. The van der Waals surface area contributed by atoms with Crippen molar-refractivity contribution < 1.29 is 9.53 Å². The summed E-state index contributed by atoms with van der Waals surface area (Å²) in [5.41, 5.74) is 6.07. The van der Waals surface area contributed by atoms with Crippen LogP contribution in [-0.2, 0) is 6.61 Å². The fraction of sp³-hybridized carbons (Fsp3) is 0.0909. The zero-order valence-corrected chi connectivity index (χ0v) is 18.3. The maximum absolute atomic E-state index is 12.1. The van der Waals surface area contributed by atoms with E-state index in [-0.39, 0.29) is 5.91 Å². The van der Waals surface area contributed by atoms with E-state index in [9.17, 15) is 4.79 Å². The fourth-order valence-electron chi connectivity index (χ4n) is 2.47. The van der Waals surface area contributed by atoms with Crippen molar-refractivity contribution >= 4 is 44.0 Å². The number of benzene rings is 3. The molecule has 3 aromatic rings. The molecule has 6 heteroatoms. The minimum Gasteiger partial charge on any atom is -0.488 e. The molecule has 1 amide bonds. The van der Waals surface area contributed by atoms with E-state index >= 15 is 0 Å².